The van der Waals surface area contributed by atoms with E-state index >= 15 is 0 Å². The summed E-state index contributed by atoms with van der Waals surface area (Å²) >= 11 is 0. The quantitative estimate of drug-likeness (QED) is 0.652. The number of rotatable bonds is 4. The lowest BCUT2D eigenvalue weighted by molar-refractivity contribution is -0.0387. The molecule has 0 amide bonds. The number of hydrogen-bond donors (Lipinski definition) is 1. The molecule has 2 bridgehead atoms. The molecule has 2 heterocycles. The zero-order valence-corrected chi connectivity index (χ0v) is 8.11. The van der Waals surface area contributed by atoms with Gasteiger partial charge in [0.05, 0.1) is 12.2 Å². The van der Waals surface area contributed by atoms with Gasteiger partial charge in [-0.25, -0.2) is 0 Å². The molecule has 2 rings (SSSR count). The number of aliphatic hydroxyl groups is 1. The number of fused-ring (bicyclic) bond motifs is 2. The van der Waals surface area contributed by atoms with Crippen molar-refractivity contribution in [1.29, 1.82) is 0 Å². The first-order chi connectivity index (χ1) is 6.38. The van der Waals surface area contributed by atoms with Crippen LogP contribution in [0.3, 0.4) is 0 Å². The zero-order chi connectivity index (χ0) is 9.10. The van der Waals surface area contributed by atoms with Crippen molar-refractivity contribution < 1.29 is 9.84 Å². The van der Waals surface area contributed by atoms with Crippen molar-refractivity contribution in [3.8, 4) is 0 Å². The van der Waals surface area contributed by atoms with E-state index in [1.165, 1.54) is 12.8 Å². The molecule has 2 unspecified atom stereocenters. The van der Waals surface area contributed by atoms with Crippen LogP contribution >= 0.6 is 0 Å². The normalized spacial score (nSPS) is 33.9. The highest BCUT2D eigenvalue weighted by Crippen LogP contribution is 2.26. The first kappa shape index (κ1) is 9.44. The number of hydrogen-bond acceptors (Lipinski definition) is 3. The third-order valence-corrected chi connectivity index (χ3v) is 3.00. The Hall–Kier alpha value is -0.120. The molecule has 3 nitrogen and oxygen atoms in total. The van der Waals surface area contributed by atoms with Crippen LogP contribution in [-0.4, -0.2) is 48.5 Å². The van der Waals surface area contributed by atoms with Crippen LogP contribution in [0.15, 0.2) is 0 Å². The van der Waals surface area contributed by atoms with Gasteiger partial charge in [0, 0.05) is 19.7 Å². The molecule has 0 aliphatic carbocycles. The van der Waals surface area contributed by atoms with Crippen LogP contribution in [0, 0.1) is 0 Å². The minimum absolute atomic E-state index is 0.331. The Kier molecular flexibility index (Phi) is 3.19. The average molecular weight is 185 g/mol. The Balaban J connectivity index is 1.69. The van der Waals surface area contributed by atoms with Gasteiger partial charge in [-0.05, 0) is 32.2 Å². The molecule has 2 fully saturated rings. The molecule has 76 valence electrons. The lowest BCUT2D eigenvalue weighted by Crippen LogP contribution is -2.42. The van der Waals surface area contributed by atoms with E-state index in [-0.39, 0.29) is 0 Å². The van der Waals surface area contributed by atoms with Gasteiger partial charge in [-0.15, -0.1) is 0 Å². The van der Waals surface area contributed by atoms with Crippen LogP contribution in [0.4, 0.5) is 0 Å². The molecule has 2 saturated heterocycles. The Morgan fingerprint density at radius 1 is 1.15 bits per heavy atom. The summed E-state index contributed by atoms with van der Waals surface area (Å²) in [4.78, 5) is 2.49. The van der Waals surface area contributed by atoms with Crippen LogP contribution in [0.25, 0.3) is 0 Å². The van der Waals surface area contributed by atoms with E-state index in [0.717, 1.165) is 32.5 Å². The number of morpholine rings is 1. The van der Waals surface area contributed by atoms with Gasteiger partial charge in [0.25, 0.3) is 0 Å². The third-order valence-electron chi connectivity index (χ3n) is 3.00. The van der Waals surface area contributed by atoms with Gasteiger partial charge < -0.3 is 9.84 Å². The molecule has 2 atom stereocenters. The van der Waals surface area contributed by atoms with Crippen molar-refractivity contribution in [2.45, 2.75) is 37.9 Å². The lowest BCUT2D eigenvalue weighted by atomic mass is 10.2. The maximum Gasteiger partial charge on any atom is 0.0707 e. The smallest absolute Gasteiger partial charge is 0.0707 e. The van der Waals surface area contributed by atoms with E-state index < -0.39 is 0 Å². The van der Waals surface area contributed by atoms with Gasteiger partial charge in [0.2, 0.25) is 0 Å². The van der Waals surface area contributed by atoms with Crippen molar-refractivity contribution in [2.24, 2.45) is 0 Å². The van der Waals surface area contributed by atoms with Crippen molar-refractivity contribution in [1.82, 2.24) is 4.90 Å². The number of aliphatic hydroxyl groups excluding tert-OH is 1. The average Bonchev–Trinajstić information content (AvgIpc) is 2.46. The summed E-state index contributed by atoms with van der Waals surface area (Å²) in [6.45, 7) is 3.69. The monoisotopic (exact) mass is 185 g/mol. The lowest BCUT2D eigenvalue weighted by Gasteiger charge is -2.31. The molecule has 2 aliphatic rings. The van der Waals surface area contributed by atoms with Gasteiger partial charge in [0.1, 0.15) is 0 Å². The van der Waals surface area contributed by atoms with Crippen LogP contribution in [0.1, 0.15) is 25.7 Å². The molecule has 0 saturated carbocycles. The van der Waals surface area contributed by atoms with Gasteiger partial charge >= 0.3 is 0 Å². The Bertz CT molecular complexity index is 151. The molecule has 1 N–H and O–H groups in total. The Morgan fingerprint density at radius 2 is 1.85 bits per heavy atom. The minimum atomic E-state index is 0.331. The second kappa shape index (κ2) is 4.40. The first-order valence-electron chi connectivity index (χ1n) is 5.37. The zero-order valence-electron chi connectivity index (χ0n) is 8.11. The molecular formula is C10H19NO2. The van der Waals surface area contributed by atoms with Gasteiger partial charge in [-0.1, -0.05) is 0 Å². The molecule has 0 radical (unpaired) electrons. The first-order valence-corrected chi connectivity index (χ1v) is 5.37. The predicted octanol–water partition coefficient (Wildman–Crippen LogP) is 0.622. The number of ether oxygens (including phenoxy) is 1. The Morgan fingerprint density at radius 3 is 2.46 bits per heavy atom. The molecule has 0 aromatic rings. The van der Waals surface area contributed by atoms with Gasteiger partial charge in [-0.2, -0.15) is 0 Å². The van der Waals surface area contributed by atoms with Crippen LogP contribution < -0.4 is 0 Å². The summed E-state index contributed by atoms with van der Waals surface area (Å²) in [5.74, 6) is 0. The Labute approximate surface area is 79.7 Å². The highest BCUT2D eigenvalue weighted by atomic mass is 16.5. The fourth-order valence-electron chi connectivity index (χ4n) is 2.33. The minimum Gasteiger partial charge on any atom is -0.396 e. The molecule has 0 spiro atoms. The molecule has 0 aromatic heterocycles. The summed E-state index contributed by atoms with van der Waals surface area (Å²) in [5, 5.41) is 8.67. The van der Waals surface area contributed by atoms with Crippen molar-refractivity contribution in [3.63, 3.8) is 0 Å². The molecule has 13 heavy (non-hydrogen) atoms. The van der Waals surface area contributed by atoms with E-state index in [2.05, 4.69) is 4.90 Å². The van der Waals surface area contributed by atoms with Crippen LogP contribution in [-0.2, 0) is 4.74 Å². The fraction of sp³-hybridized carbons (Fsp3) is 1.00. The van der Waals surface area contributed by atoms with Crippen LogP contribution in [0.5, 0.6) is 0 Å². The largest absolute Gasteiger partial charge is 0.396 e. The topological polar surface area (TPSA) is 32.7 Å². The number of likely N-dealkylation sites (tertiary alicyclic amines) is 1. The van der Waals surface area contributed by atoms with E-state index in [4.69, 9.17) is 9.84 Å². The number of unbranched alkanes of at least 4 members (excludes halogenated alkanes) is 1. The van der Waals surface area contributed by atoms with E-state index in [0.29, 0.717) is 18.8 Å². The predicted molar refractivity (Wildman–Crippen MR) is 50.7 cm³/mol. The van der Waals surface area contributed by atoms with E-state index in [1.54, 1.807) is 0 Å². The summed E-state index contributed by atoms with van der Waals surface area (Å²) < 4.78 is 5.74. The van der Waals surface area contributed by atoms with Crippen molar-refractivity contribution in [3.05, 3.63) is 0 Å². The second-order valence-electron chi connectivity index (χ2n) is 4.15. The second-order valence-corrected chi connectivity index (χ2v) is 4.15. The van der Waals surface area contributed by atoms with Gasteiger partial charge in [-0.3, -0.25) is 4.90 Å². The van der Waals surface area contributed by atoms with Gasteiger partial charge in [0.15, 0.2) is 0 Å². The maximum absolute atomic E-state index is 8.67. The molecule has 2 aliphatic heterocycles. The van der Waals surface area contributed by atoms with E-state index in [9.17, 15) is 0 Å². The SMILES string of the molecule is OCCCCN1CC2CCC(C1)O2. The van der Waals surface area contributed by atoms with Crippen molar-refractivity contribution >= 4 is 0 Å². The van der Waals surface area contributed by atoms with E-state index in [1.807, 2.05) is 0 Å². The van der Waals surface area contributed by atoms with Crippen LogP contribution in [0.2, 0.25) is 0 Å². The highest BCUT2D eigenvalue weighted by Gasteiger charge is 2.32. The molecule has 0 aromatic carbocycles. The summed E-state index contributed by atoms with van der Waals surface area (Å²) in [6.07, 6.45) is 5.58. The summed E-state index contributed by atoms with van der Waals surface area (Å²) in [5.41, 5.74) is 0. The molecular weight excluding hydrogens is 166 g/mol. The number of nitrogens with zero attached hydrogens (tertiary/aromatic N) is 1. The summed E-state index contributed by atoms with van der Waals surface area (Å²) in [7, 11) is 0. The summed E-state index contributed by atoms with van der Waals surface area (Å²) in [6, 6.07) is 0. The van der Waals surface area contributed by atoms with Crippen molar-refractivity contribution in [2.75, 3.05) is 26.2 Å². The standard InChI is InChI=1S/C10H19NO2/c12-6-2-1-5-11-7-9-3-4-10(8-11)13-9/h9-10,12H,1-8H2. The highest BCUT2D eigenvalue weighted by molar-refractivity contribution is 4.84. The fourth-order valence-corrected chi connectivity index (χ4v) is 2.33. The maximum atomic E-state index is 8.67. The third kappa shape index (κ3) is 2.42. The molecule has 3 heteroatoms.